The number of carbonyl (C=O) groups excluding carboxylic acids is 1. The Hall–Kier alpha value is -1.40. The molecule has 0 atom stereocenters. The molecule has 1 aromatic rings. The van der Waals surface area contributed by atoms with Crippen molar-refractivity contribution in [3.05, 3.63) is 30.3 Å². The topological polar surface area (TPSA) is 89.3 Å². The Kier molecular flexibility index (Phi) is 4.45. The summed E-state index contributed by atoms with van der Waals surface area (Å²) in [5.41, 5.74) is 5.01. The van der Waals surface area contributed by atoms with E-state index in [9.17, 15) is 13.2 Å². The van der Waals surface area contributed by atoms with Gasteiger partial charge >= 0.3 is 0 Å². The molecule has 0 aliphatic heterocycles. The summed E-state index contributed by atoms with van der Waals surface area (Å²) in [7, 11) is -3.81. The van der Waals surface area contributed by atoms with Crippen LogP contribution in [0.2, 0.25) is 0 Å². The number of nitrogens with one attached hydrogen (secondary N) is 1. The highest BCUT2D eigenvalue weighted by Gasteiger charge is 2.40. The van der Waals surface area contributed by atoms with Crippen molar-refractivity contribution in [3.63, 3.8) is 0 Å². The Morgan fingerprint density at radius 2 is 1.75 bits per heavy atom. The highest BCUT2D eigenvalue weighted by molar-refractivity contribution is 7.90. The molecule has 0 aromatic heterocycles. The Bertz CT molecular complexity index is 563. The van der Waals surface area contributed by atoms with E-state index in [1.54, 1.807) is 18.2 Å². The Labute approximate surface area is 119 Å². The van der Waals surface area contributed by atoms with Crippen LogP contribution >= 0.6 is 0 Å². The lowest BCUT2D eigenvalue weighted by Crippen LogP contribution is -2.48. The fourth-order valence-corrected chi connectivity index (χ4v) is 3.74. The molecule has 2 rings (SSSR count). The van der Waals surface area contributed by atoms with Gasteiger partial charge in [-0.2, -0.15) is 0 Å². The van der Waals surface area contributed by atoms with Gasteiger partial charge in [0.25, 0.3) is 10.0 Å². The van der Waals surface area contributed by atoms with Crippen molar-refractivity contribution in [3.8, 4) is 0 Å². The van der Waals surface area contributed by atoms with Crippen molar-refractivity contribution in [2.24, 2.45) is 11.1 Å². The van der Waals surface area contributed by atoms with Gasteiger partial charge in [-0.25, -0.2) is 13.1 Å². The standard InChI is InChI=1S/C14H20N2O3S/c15-11-14(9-5-2-6-10-14)13(17)16-20(18,19)12-7-3-1-4-8-12/h1,3-4,7-8H,2,5-6,9-11,15H2,(H,16,17). The third kappa shape index (κ3) is 3.02. The largest absolute Gasteiger partial charge is 0.329 e. The first-order valence-corrected chi connectivity index (χ1v) is 8.31. The molecule has 0 bridgehead atoms. The van der Waals surface area contributed by atoms with Crippen molar-refractivity contribution >= 4 is 15.9 Å². The van der Waals surface area contributed by atoms with E-state index < -0.39 is 21.3 Å². The lowest BCUT2D eigenvalue weighted by Gasteiger charge is -2.34. The van der Waals surface area contributed by atoms with Crippen LogP contribution in [-0.4, -0.2) is 20.9 Å². The second kappa shape index (κ2) is 5.93. The highest BCUT2D eigenvalue weighted by atomic mass is 32.2. The van der Waals surface area contributed by atoms with Crippen LogP contribution < -0.4 is 10.5 Å². The smallest absolute Gasteiger partial charge is 0.264 e. The van der Waals surface area contributed by atoms with Gasteiger partial charge in [-0.3, -0.25) is 4.79 Å². The van der Waals surface area contributed by atoms with Crippen LogP contribution in [0.25, 0.3) is 0 Å². The van der Waals surface area contributed by atoms with E-state index in [0.29, 0.717) is 12.8 Å². The molecule has 6 heteroatoms. The normalized spacial score (nSPS) is 18.4. The minimum Gasteiger partial charge on any atom is -0.329 e. The van der Waals surface area contributed by atoms with E-state index in [4.69, 9.17) is 5.73 Å². The molecule has 1 aliphatic rings. The molecule has 0 unspecified atom stereocenters. The molecule has 3 N–H and O–H groups in total. The predicted octanol–water partition coefficient (Wildman–Crippen LogP) is 1.40. The van der Waals surface area contributed by atoms with Crippen LogP contribution in [-0.2, 0) is 14.8 Å². The van der Waals surface area contributed by atoms with E-state index in [1.807, 2.05) is 0 Å². The third-order valence-electron chi connectivity index (χ3n) is 3.96. The van der Waals surface area contributed by atoms with Gasteiger partial charge in [-0.15, -0.1) is 0 Å². The SMILES string of the molecule is NCC1(C(=O)NS(=O)(=O)c2ccccc2)CCCCC1. The molecule has 0 heterocycles. The molecule has 1 fully saturated rings. The fourth-order valence-electron chi connectivity index (χ4n) is 2.64. The summed E-state index contributed by atoms with van der Waals surface area (Å²) in [6, 6.07) is 7.90. The number of amides is 1. The number of hydrogen-bond donors (Lipinski definition) is 2. The second-order valence-electron chi connectivity index (χ2n) is 5.29. The highest BCUT2D eigenvalue weighted by Crippen LogP contribution is 2.35. The molecule has 0 saturated heterocycles. The summed E-state index contributed by atoms with van der Waals surface area (Å²) in [6.45, 7) is 0.184. The van der Waals surface area contributed by atoms with Gasteiger partial charge in [0.05, 0.1) is 10.3 Å². The molecule has 1 aromatic carbocycles. The van der Waals surface area contributed by atoms with Crippen molar-refractivity contribution in [2.75, 3.05) is 6.54 Å². The average molecular weight is 296 g/mol. The van der Waals surface area contributed by atoms with Gasteiger partial charge in [-0.05, 0) is 25.0 Å². The summed E-state index contributed by atoms with van der Waals surface area (Å²) < 4.78 is 26.5. The molecule has 20 heavy (non-hydrogen) atoms. The molecular formula is C14H20N2O3S. The zero-order chi connectivity index (χ0) is 14.6. The first kappa shape index (κ1) is 15.0. The maximum atomic E-state index is 12.4. The third-order valence-corrected chi connectivity index (χ3v) is 5.31. The Morgan fingerprint density at radius 1 is 1.15 bits per heavy atom. The van der Waals surface area contributed by atoms with Gasteiger partial charge in [0.1, 0.15) is 0 Å². The first-order chi connectivity index (χ1) is 9.50. The quantitative estimate of drug-likeness (QED) is 0.879. The van der Waals surface area contributed by atoms with Gasteiger partial charge in [0, 0.05) is 6.54 Å². The van der Waals surface area contributed by atoms with Crippen LogP contribution in [0.15, 0.2) is 35.2 Å². The summed E-state index contributed by atoms with van der Waals surface area (Å²) in [5, 5.41) is 0. The minimum absolute atomic E-state index is 0.0938. The van der Waals surface area contributed by atoms with Crippen molar-refractivity contribution in [1.29, 1.82) is 0 Å². The van der Waals surface area contributed by atoms with Crippen LogP contribution in [0.3, 0.4) is 0 Å². The maximum Gasteiger partial charge on any atom is 0.264 e. The molecule has 110 valence electrons. The summed E-state index contributed by atoms with van der Waals surface area (Å²) in [4.78, 5) is 12.5. The zero-order valence-electron chi connectivity index (χ0n) is 11.3. The van der Waals surface area contributed by atoms with Crippen molar-refractivity contribution in [1.82, 2.24) is 4.72 Å². The zero-order valence-corrected chi connectivity index (χ0v) is 12.2. The van der Waals surface area contributed by atoms with Crippen LogP contribution in [0.1, 0.15) is 32.1 Å². The van der Waals surface area contributed by atoms with Crippen LogP contribution in [0, 0.1) is 5.41 Å². The summed E-state index contributed by atoms with van der Waals surface area (Å²) >= 11 is 0. The molecule has 5 nitrogen and oxygen atoms in total. The molecule has 0 spiro atoms. The van der Waals surface area contributed by atoms with E-state index in [-0.39, 0.29) is 11.4 Å². The van der Waals surface area contributed by atoms with E-state index in [2.05, 4.69) is 4.72 Å². The number of sulfonamides is 1. The number of carbonyl (C=O) groups is 1. The Morgan fingerprint density at radius 3 is 2.30 bits per heavy atom. The van der Waals surface area contributed by atoms with Gasteiger partial charge in [-0.1, -0.05) is 37.5 Å². The predicted molar refractivity (Wildman–Crippen MR) is 76.3 cm³/mol. The summed E-state index contributed by atoms with van der Waals surface area (Å²) in [5.74, 6) is -0.469. The number of nitrogens with two attached hydrogens (primary N) is 1. The summed E-state index contributed by atoms with van der Waals surface area (Å²) in [6.07, 6.45) is 4.20. The molecule has 1 aliphatic carbocycles. The van der Waals surface area contributed by atoms with Crippen LogP contribution in [0.4, 0.5) is 0 Å². The maximum absolute atomic E-state index is 12.4. The molecule has 1 amide bonds. The van der Waals surface area contributed by atoms with Crippen molar-refractivity contribution in [2.45, 2.75) is 37.0 Å². The fraction of sp³-hybridized carbons (Fsp3) is 0.500. The van der Waals surface area contributed by atoms with E-state index in [1.165, 1.54) is 12.1 Å². The first-order valence-electron chi connectivity index (χ1n) is 6.83. The number of rotatable bonds is 4. The molecule has 1 saturated carbocycles. The number of hydrogen-bond acceptors (Lipinski definition) is 4. The monoisotopic (exact) mass is 296 g/mol. The van der Waals surface area contributed by atoms with E-state index in [0.717, 1.165) is 19.3 Å². The minimum atomic E-state index is -3.81. The lowest BCUT2D eigenvalue weighted by molar-refractivity contribution is -0.130. The van der Waals surface area contributed by atoms with Gasteiger partial charge in [0.2, 0.25) is 5.91 Å². The van der Waals surface area contributed by atoms with Crippen molar-refractivity contribution < 1.29 is 13.2 Å². The van der Waals surface area contributed by atoms with Gasteiger partial charge < -0.3 is 5.73 Å². The average Bonchev–Trinajstić information content (AvgIpc) is 2.48. The second-order valence-corrected chi connectivity index (χ2v) is 6.98. The molecular weight excluding hydrogens is 276 g/mol. The number of benzene rings is 1. The Balaban J connectivity index is 2.18. The molecule has 0 radical (unpaired) electrons. The van der Waals surface area contributed by atoms with Gasteiger partial charge in [0.15, 0.2) is 0 Å². The van der Waals surface area contributed by atoms with E-state index >= 15 is 0 Å². The van der Waals surface area contributed by atoms with Crippen LogP contribution in [0.5, 0.6) is 0 Å². The lowest BCUT2D eigenvalue weighted by atomic mass is 9.73.